The Morgan fingerprint density at radius 3 is 1.62 bits per heavy atom. The normalized spacial score (nSPS) is 25.9. The van der Waals surface area contributed by atoms with Crippen molar-refractivity contribution in [1.29, 1.82) is 0 Å². The molecule has 4 unspecified atom stereocenters. The molecule has 10 atom stereocenters. The number of aromatic nitrogens is 4. The molecular formula is C57H75N9O6. The molecule has 72 heavy (non-hydrogen) atoms. The molecule has 3 aromatic carbocycles. The van der Waals surface area contributed by atoms with Gasteiger partial charge in [-0.3, -0.25) is 9.59 Å². The average molecular weight is 982 g/mol. The van der Waals surface area contributed by atoms with E-state index in [1.807, 2.05) is 23.6 Å². The summed E-state index contributed by atoms with van der Waals surface area (Å²) in [7, 11) is 2.66. The Hall–Kier alpha value is -6.12. The zero-order valence-corrected chi connectivity index (χ0v) is 43.7. The number of fused-ring (bicyclic) bond motifs is 4. The molecule has 5 fully saturated rings. The van der Waals surface area contributed by atoms with E-state index in [4.69, 9.17) is 19.4 Å². The van der Waals surface area contributed by atoms with E-state index in [9.17, 15) is 19.2 Å². The monoisotopic (exact) mass is 982 g/mol. The minimum absolute atomic E-state index is 0.00478. The van der Waals surface area contributed by atoms with E-state index in [0.29, 0.717) is 18.3 Å². The van der Waals surface area contributed by atoms with Gasteiger partial charge in [0.15, 0.2) is 0 Å². The van der Waals surface area contributed by atoms with Crippen molar-refractivity contribution < 1.29 is 28.7 Å². The summed E-state index contributed by atoms with van der Waals surface area (Å²) < 4.78 is 9.89. The summed E-state index contributed by atoms with van der Waals surface area (Å²) in [5.74, 6) is 2.30. The lowest BCUT2D eigenvalue weighted by atomic mass is 9.87. The first kappa shape index (κ1) is 49.5. The molecule has 2 aliphatic carbocycles. The molecule has 4 N–H and O–H groups in total. The molecule has 5 aliphatic rings. The second-order valence-corrected chi connectivity index (χ2v) is 23.3. The van der Waals surface area contributed by atoms with Crippen LogP contribution in [-0.2, 0) is 24.5 Å². The van der Waals surface area contributed by atoms with Crippen molar-refractivity contribution in [2.75, 3.05) is 19.1 Å². The first-order chi connectivity index (χ1) is 34.5. The maximum absolute atomic E-state index is 14.6. The predicted octanol–water partition coefficient (Wildman–Crippen LogP) is 10.9. The van der Waals surface area contributed by atoms with Crippen LogP contribution in [0.2, 0.25) is 0 Å². The van der Waals surface area contributed by atoms with E-state index in [1.54, 1.807) is 0 Å². The number of hydrogen-bond acceptors (Lipinski definition) is 9. The highest BCUT2D eigenvalue weighted by atomic mass is 16.5. The molecule has 5 aromatic rings. The molecule has 2 saturated carbocycles. The molecule has 4 amide bonds. The number of carbonyl (C=O) groups is 4. The third-order valence-corrected chi connectivity index (χ3v) is 16.9. The number of imidazole rings is 2. The number of ether oxygens (including phenoxy) is 2. The molecule has 384 valence electrons. The summed E-state index contributed by atoms with van der Waals surface area (Å²) in [6.45, 7) is 14.8. The molecule has 0 radical (unpaired) electrons. The van der Waals surface area contributed by atoms with Crippen LogP contribution in [0.1, 0.15) is 172 Å². The molecule has 5 heterocycles. The van der Waals surface area contributed by atoms with Crippen molar-refractivity contribution in [2.24, 2.45) is 23.7 Å². The maximum Gasteiger partial charge on any atom is 0.407 e. The Labute approximate surface area is 423 Å². The van der Waals surface area contributed by atoms with Crippen LogP contribution < -0.4 is 15.5 Å². The smallest absolute Gasteiger partial charge is 0.407 e. The van der Waals surface area contributed by atoms with Gasteiger partial charge in [0.05, 0.1) is 60.5 Å². The van der Waals surface area contributed by atoms with Crippen LogP contribution in [0.15, 0.2) is 60.7 Å². The van der Waals surface area contributed by atoms with Crippen LogP contribution in [0.4, 0.5) is 15.3 Å². The van der Waals surface area contributed by atoms with Gasteiger partial charge in [0.2, 0.25) is 11.8 Å². The van der Waals surface area contributed by atoms with Gasteiger partial charge >= 0.3 is 12.2 Å². The molecular weight excluding hydrogens is 907 g/mol. The Balaban J connectivity index is 0.961. The summed E-state index contributed by atoms with van der Waals surface area (Å²) >= 11 is 0. The lowest BCUT2D eigenvalue weighted by Crippen LogP contribution is -2.53. The first-order valence-corrected chi connectivity index (χ1v) is 26.7. The quantitative estimate of drug-likeness (QED) is 0.0947. The van der Waals surface area contributed by atoms with Crippen molar-refractivity contribution >= 4 is 51.8 Å². The fraction of sp³-hybridized carbons (Fsp3) is 0.579. The summed E-state index contributed by atoms with van der Waals surface area (Å²) in [5, 5.41) is 5.69. The summed E-state index contributed by atoms with van der Waals surface area (Å²) in [5.41, 5.74) is 8.41. The SMILES string of the molecule is COC(=O)NC(CC(C)C)C(=O)N1C(c2nc3cc([C@H]4CCC(c5ccc6[nH]c([C@@H]7CC8CCC[C@@H]8N7C(=O)[C@@H](NC(=O)OC)C(C)C)nc6c5)N4c4ccc(C(C)(C)C)cc4)ccc3[nH]2)C[C@@H]2CCC[C@@H]21. The number of benzene rings is 3. The Bertz CT molecular complexity index is 2810. The van der Waals surface area contributed by atoms with Crippen LogP contribution >= 0.6 is 0 Å². The lowest BCUT2D eigenvalue weighted by molar-refractivity contribution is -0.138. The van der Waals surface area contributed by atoms with Crippen LogP contribution in [-0.4, -0.2) is 92.1 Å². The van der Waals surface area contributed by atoms with Crippen LogP contribution in [0.3, 0.4) is 0 Å². The van der Waals surface area contributed by atoms with Crippen molar-refractivity contribution in [3.05, 3.63) is 89.0 Å². The Morgan fingerprint density at radius 1 is 0.653 bits per heavy atom. The number of H-pyrrole nitrogens is 2. The number of anilines is 1. The van der Waals surface area contributed by atoms with Crippen molar-refractivity contribution in [3.63, 3.8) is 0 Å². The number of rotatable bonds is 12. The highest BCUT2D eigenvalue weighted by Crippen LogP contribution is 2.51. The van der Waals surface area contributed by atoms with Gasteiger partial charge in [-0.15, -0.1) is 0 Å². The number of methoxy groups -OCH3 is 2. The summed E-state index contributed by atoms with van der Waals surface area (Å²) in [6, 6.07) is 20.8. The maximum atomic E-state index is 14.6. The molecule has 0 spiro atoms. The number of carbonyl (C=O) groups excluding carboxylic acids is 4. The van der Waals surface area contributed by atoms with Crippen molar-refractivity contribution in [3.8, 4) is 0 Å². The molecule has 10 rings (SSSR count). The van der Waals surface area contributed by atoms with Crippen LogP contribution in [0, 0.1) is 23.7 Å². The van der Waals surface area contributed by atoms with E-state index < -0.39 is 24.3 Å². The standard InChI is InChI=1S/C57H75N9O6/c1-31(2)26-43(62-55(69)71-8)53(67)65-44-14-10-12-33(44)29-48(65)51-58-39-22-16-35(27-41(39)60-51)46-24-25-47(64(46)38-20-18-37(19-21-38)57(5,6)7)36-17-23-40-42(28-36)61-52(59-40)49-30-34-13-11-15-45(34)66(49)54(68)50(32(3)4)63-56(70)72-9/h16-23,27-28,31-34,43-50H,10-15,24-26,29-30H2,1-9H3,(H,58,60)(H,59,61)(H,62,69)(H,63,70)/t33-,34?,43?,44-,45-,46+,47?,48?,49-,50-/m0/s1. The zero-order valence-electron chi connectivity index (χ0n) is 43.7. The van der Waals surface area contributed by atoms with E-state index in [2.05, 4.69) is 121 Å². The molecule has 15 nitrogen and oxygen atoms in total. The number of aromatic amines is 2. The number of nitrogens with zero attached hydrogens (tertiary/aromatic N) is 5. The molecule has 3 saturated heterocycles. The van der Waals surface area contributed by atoms with Crippen molar-refractivity contribution in [1.82, 2.24) is 40.4 Å². The molecule has 2 aromatic heterocycles. The van der Waals surface area contributed by atoms with Crippen LogP contribution in [0.25, 0.3) is 22.1 Å². The van der Waals surface area contributed by atoms with Gasteiger partial charge in [0, 0.05) is 17.8 Å². The topological polar surface area (TPSA) is 178 Å². The summed E-state index contributed by atoms with van der Waals surface area (Å²) in [6.07, 6.45) is 9.07. The van der Waals surface area contributed by atoms with Gasteiger partial charge in [-0.25, -0.2) is 19.6 Å². The highest BCUT2D eigenvalue weighted by molar-refractivity contribution is 5.88. The number of amides is 4. The van der Waals surface area contributed by atoms with Gasteiger partial charge in [-0.1, -0.05) is 85.6 Å². The third kappa shape index (κ3) is 9.29. The third-order valence-electron chi connectivity index (χ3n) is 16.9. The first-order valence-electron chi connectivity index (χ1n) is 26.7. The molecule has 15 heteroatoms. The van der Waals surface area contributed by atoms with Crippen LogP contribution in [0.5, 0.6) is 0 Å². The van der Waals surface area contributed by atoms with E-state index in [-0.39, 0.29) is 65.3 Å². The number of hydrogen-bond donors (Lipinski definition) is 4. The zero-order chi connectivity index (χ0) is 50.7. The fourth-order valence-corrected chi connectivity index (χ4v) is 13.4. The van der Waals surface area contributed by atoms with Gasteiger partial charge in [0.1, 0.15) is 23.7 Å². The minimum Gasteiger partial charge on any atom is -0.453 e. The summed E-state index contributed by atoms with van der Waals surface area (Å²) in [4.78, 5) is 78.5. The van der Waals surface area contributed by atoms with Gasteiger partial charge in [-0.05, 0) is 140 Å². The Kier molecular flexibility index (Phi) is 13.5. The largest absolute Gasteiger partial charge is 0.453 e. The van der Waals surface area contributed by atoms with Gasteiger partial charge in [0.25, 0.3) is 0 Å². The second-order valence-electron chi connectivity index (χ2n) is 23.3. The highest BCUT2D eigenvalue weighted by Gasteiger charge is 2.51. The molecule has 0 bridgehead atoms. The number of alkyl carbamates (subject to hydrolysis) is 2. The predicted molar refractivity (Wildman–Crippen MR) is 278 cm³/mol. The number of nitrogens with one attached hydrogen (secondary N) is 4. The minimum atomic E-state index is -0.705. The lowest BCUT2D eigenvalue weighted by Gasteiger charge is -2.34. The number of likely N-dealkylation sites (tertiary alicyclic amines) is 2. The van der Waals surface area contributed by atoms with Gasteiger partial charge < -0.3 is 44.8 Å². The van der Waals surface area contributed by atoms with E-state index in [0.717, 1.165) is 104 Å². The Morgan fingerprint density at radius 2 is 1.15 bits per heavy atom. The molecule has 3 aliphatic heterocycles. The van der Waals surface area contributed by atoms with E-state index in [1.165, 1.54) is 30.9 Å². The van der Waals surface area contributed by atoms with Gasteiger partial charge in [-0.2, -0.15) is 0 Å². The fourth-order valence-electron chi connectivity index (χ4n) is 13.4. The van der Waals surface area contributed by atoms with E-state index >= 15 is 0 Å². The van der Waals surface area contributed by atoms with Crippen molar-refractivity contribution in [2.45, 2.75) is 173 Å². The second kappa shape index (κ2) is 19.7. The average Bonchev–Trinajstić information content (AvgIpc) is 4.22.